The Hall–Kier alpha value is -2.66. The Morgan fingerprint density at radius 2 is 1.62 bits per heavy atom. The molecule has 1 aliphatic rings. The van der Waals surface area contributed by atoms with Gasteiger partial charge in [0.25, 0.3) is 11.5 Å². The van der Waals surface area contributed by atoms with Crippen molar-refractivity contribution >= 4 is 11.9 Å². The van der Waals surface area contributed by atoms with Gasteiger partial charge in [-0.2, -0.15) is 0 Å². The summed E-state index contributed by atoms with van der Waals surface area (Å²) >= 11 is 0. The number of carbonyl (C=O) groups excluding carboxylic acids is 2. The molecular weight excluding hydrogens is 306 g/mol. The highest BCUT2D eigenvalue weighted by atomic mass is 16.7. The van der Waals surface area contributed by atoms with Crippen LogP contribution >= 0.6 is 0 Å². The fourth-order valence-corrected chi connectivity index (χ4v) is 3.01. The number of primary amides is 1. The van der Waals surface area contributed by atoms with Gasteiger partial charge >= 0.3 is 5.97 Å². The van der Waals surface area contributed by atoms with Crippen LogP contribution in [0.5, 0.6) is 0 Å². The molecule has 0 saturated carbocycles. The van der Waals surface area contributed by atoms with Crippen molar-refractivity contribution in [3.05, 3.63) is 60.2 Å². The zero-order chi connectivity index (χ0) is 17.4. The molecule has 2 unspecified atom stereocenters. The van der Waals surface area contributed by atoms with E-state index in [4.69, 9.17) is 15.2 Å². The molecule has 2 atom stereocenters. The lowest BCUT2D eigenvalue weighted by Crippen LogP contribution is -2.45. The number of rotatable bonds is 5. The van der Waals surface area contributed by atoms with Crippen LogP contribution in [-0.4, -0.2) is 24.1 Å². The van der Waals surface area contributed by atoms with E-state index < -0.39 is 23.1 Å². The molecule has 5 nitrogen and oxygen atoms in total. The van der Waals surface area contributed by atoms with E-state index in [1.165, 1.54) is 0 Å². The molecule has 2 aromatic rings. The van der Waals surface area contributed by atoms with Gasteiger partial charge in [-0.1, -0.05) is 54.6 Å². The molecule has 1 aliphatic heterocycles. The zero-order valence-electron chi connectivity index (χ0n) is 13.6. The van der Waals surface area contributed by atoms with Crippen molar-refractivity contribution in [1.29, 1.82) is 0 Å². The molecule has 2 N–H and O–H groups in total. The van der Waals surface area contributed by atoms with Gasteiger partial charge in [0.1, 0.15) is 5.60 Å². The fraction of sp³-hybridized carbons (Fsp3) is 0.263. The molecule has 1 heterocycles. The second-order valence-electron chi connectivity index (χ2n) is 5.84. The minimum absolute atomic E-state index is 0.153. The molecule has 3 rings (SSSR count). The Labute approximate surface area is 140 Å². The number of ether oxygens (including phenoxy) is 2. The van der Waals surface area contributed by atoms with Gasteiger partial charge in [0.15, 0.2) is 0 Å². The SMILES string of the molecule is CCOC(=O)C1(C(N)=O)OC1(C)c1ccc(-c2ccccc2)cc1. The van der Waals surface area contributed by atoms with Gasteiger partial charge in [-0.25, -0.2) is 4.79 Å². The number of hydrogen-bond acceptors (Lipinski definition) is 4. The molecular formula is C19H19NO4. The quantitative estimate of drug-likeness (QED) is 0.520. The summed E-state index contributed by atoms with van der Waals surface area (Å²) in [5.41, 5.74) is 5.39. The lowest BCUT2D eigenvalue weighted by molar-refractivity contribution is -0.153. The molecule has 124 valence electrons. The first-order valence-corrected chi connectivity index (χ1v) is 7.79. The van der Waals surface area contributed by atoms with Crippen LogP contribution in [0.1, 0.15) is 19.4 Å². The average molecular weight is 325 g/mol. The van der Waals surface area contributed by atoms with Crippen LogP contribution in [0, 0.1) is 0 Å². The van der Waals surface area contributed by atoms with Crippen molar-refractivity contribution in [2.45, 2.75) is 25.0 Å². The number of nitrogens with two attached hydrogens (primary N) is 1. The number of epoxide rings is 1. The molecule has 1 amide bonds. The van der Waals surface area contributed by atoms with Crippen LogP contribution in [0.4, 0.5) is 0 Å². The topological polar surface area (TPSA) is 81.9 Å². The summed E-state index contributed by atoms with van der Waals surface area (Å²) in [6.45, 7) is 3.49. The van der Waals surface area contributed by atoms with E-state index in [-0.39, 0.29) is 6.61 Å². The number of amides is 1. The van der Waals surface area contributed by atoms with Crippen molar-refractivity contribution < 1.29 is 19.1 Å². The van der Waals surface area contributed by atoms with Crippen LogP contribution in [0.25, 0.3) is 11.1 Å². The van der Waals surface area contributed by atoms with Gasteiger partial charge in [-0.15, -0.1) is 0 Å². The average Bonchev–Trinajstić information content (AvgIpc) is 3.25. The standard InChI is InChI=1S/C19H19NO4/c1-3-23-17(22)19(16(20)21)18(2,24-19)15-11-9-14(10-12-15)13-7-5-4-6-8-13/h4-12H,3H2,1-2H3,(H2,20,21). The maximum absolute atomic E-state index is 12.2. The van der Waals surface area contributed by atoms with Crippen molar-refractivity contribution in [2.75, 3.05) is 6.61 Å². The molecule has 0 spiro atoms. The van der Waals surface area contributed by atoms with Gasteiger partial charge in [0, 0.05) is 0 Å². The molecule has 0 aliphatic carbocycles. The second kappa shape index (κ2) is 5.76. The third kappa shape index (κ3) is 2.29. The van der Waals surface area contributed by atoms with E-state index >= 15 is 0 Å². The second-order valence-corrected chi connectivity index (χ2v) is 5.84. The summed E-state index contributed by atoms with van der Waals surface area (Å²) < 4.78 is 10.5. The fourth-order valence-electron chi connectivity index (χ4n) is 3.01. The Morgan fingerprint density at radius 3 is 2.17 bits per heavy atom. The molecule has 5 heteroatoms. The van der Waals surface area contributed by atoms with Crippen molar-refractivity contribution in [3.8, 4) is 11.1 Å². The van der Waals surface area contributed by atoms with E-state index in [0.717, 1.165) is 11.1 Å². The Kier molecular flexibility index (Phi) is 3.89. The first kappa shape index (κ1) is 16.2. The summed E-state index contributed by atoms with van der Waals surface area (Å²) in [7, 11) is 0. The molecule has 1 saturated heterocycles. The monoisotopic (exact) mass is 325 g/mol. The van der Waals surface area contributed by atoms with Crippen LogP contribution in [0.2, 0.25) is 0 Å². The smallest absolute Gasteiger partial charge is 0.351 e. The van der Waals surface area contributed by atoms with Gasteiger partial charge < -0.3 is 15.2 Å². The summed E-state index contributed by atoms with van der Waals surface area (Å²) in [4.78, 5) is 24.1. The molecule has 0 radical (unpaired) electrons. The highest BCUT2D eigenvalue weighted by molar-refractivity contribution is 6.10. The maximum atomic E-state index is 12.2. The normalized spacial score (nSPS) is 25.1. The van der Waals surface area contributed by atoms with Crippen molar-refractivity contribution in [3.63, 3.8) is 0 Å². The van der Waals surface area contributed by atoms with E-state index in [0.29, 0.717) is 5.56 Å². The number of hydrogen-bond donors (Lipinski definition) is 1. The summed E-state index contributed by atoms with van der Waals surface area (Å²) in [6.07, 6.45) is 0. The number of esters is 1. The largest absolute Gasteiger partial charge is 0.463 e. The van der Waals surface area contributed by atoms with Gasteiger partial charge in [0.05, 0.1) is 6.61 Å². The molecule has 24 heavy (non-hydrogen) atoms. The molecule has 1 fully saturated rings. The predicted octanol–water partition coefficient (Wildman–Crippen LogP) is 2.39. The third-order valence-corrected chi connectivity index (χ3v) is 4.44. The minimum Gasteiger partial charge on any atom is -0.463 e. The van der Waals surface area contributed by atoms with E-state index in [9.17, 15) is 9.59 Å². The summed E-state index contributed by atoms with van der Waals surface area (Å²) in [5, 5.41) is 0. The van der Waals surface area contributed by atoms with Crippen LogP contribution in [0.3, 0.4) is 0 Å². The van der Waals surface area contributed by atoms with Crippen LogP contribution in [-0.2, 0) is 24.7 Å². The lowest BCUT2D eigenvalue weighted by atomic mass is 9.86. The summed E-state index contributed by atoms with van der Waals surface area (Å²) in [6, 6.07) is 17.4. The lowest BCUT2D eigenvalue weighted by Gasteiger charge is -2.14. The van der Waals surface area contributed by atoms with Gasteiger partial charge in [-0.05, 0) is 30.5 Å². The molecule has 0 bridgehead atoms. The van der Waals surface area contributed by atoms with Crippen LogP contribution in [0.15, 0.2) is 54.6 Å². The molecule has 2 aromatic carbocycles. The van der Waals surface area contributed by atoms with E-state index in [2.05, 4.69) is 0 Å². The first-order valence-electron chi connectivity index (χ1n) is 7.79. The summed E-state index contributed by atoms with van der Waals surface area (Å²) in [5.74, 6) is -1.58. The highest BCUT2D eigenvalue weighted by Crippen LogP contribution is 2.56. The molecule has 0 aromatic heterocycles. The zero-order valence-corrected chi connectivity index (χ0v) is 13.6. The number of carbonyl (C=O) groups is 2. The Morgan fingerprint density at radius 1 is 1.04 bits per heavy atom. The van der Waals surface area contributed by atoms with Crippen molar-refractivity contribution in [2.24, 2.45) is 5.73 Å². The predicted molar refractivity (Wildman–Crippen MR) is 88.9 cm³/mol. The Balaban J connectivity index is 1.92. The third-order valence-electron chi connectivity index (χ3n) is 4.44. The van der Waals surface area contributed by atoms with Gasteiger partial charge in [-0.3, -0.25) is 4.79 Å². The Bertz CT molecular complexity index is 772. The van der Waals surface area contributed by atoms with E-state index in [1.807, 2.05) is 54.6 Å². The maximum Gasteiger partial charge on any atom is 0.351 e. The van der Waals surface area contributed by atoms with Gasteiger partial charge in [0.2, 0.25) is 0 Å². The number of benzene rings is 2. The highest BCUT2D eigenvalue weighted by Gasteiger charge is 2.78. The van der Waals surface area contributed by atoms with Crippen molar-refractivity contribution in [1.82, 2.24) is 0 Å². The van der Waals surface area contributed by atoms with E-state index in [1.54, 1.807) is 13.8 Å². The van der Waals surface area contributed by atoms with Crippen LogP contribution < -0.4 is 5.73 Å². The first-order chi connectivity index (χ1) is 11.5. The minimum atomic E-state index is -1.75.